The van der Waals surface area contributed by atoms with E-state index in [4.69, 9.17) is 23.2 Å². The summed E-state index contributed by atoms with van der Waals surface area (Å²) in [5, 5.41) is 19.2. The van der Waals surface area contributed by atoms with E-state index in [0.717, 1.165) is 5.69 Å². The molecule has 1 aromatic heterocycles. The highest BCUT2D eigenvalue weighted by molar-refractivity contribution is 6.42. The number of pyridine rings is 1. The standard InChI is InChI=1S/C17H16Cl2N4O2/c18-14-2-1-13(9-15(14)19)23-10-12(5-8-24)16(22-23)21-17(25)11-3-6-20-7-4-11/h1-4,6-7,9,12,24H,5,8,10H2,(H,21,22,25)/t12-/m0/s1. The monoisotopic (exact) mass is 378 g/mol. The first-order valence-electron chi connectivity index (χ1n) is 7.72. The van der Waals surface area contributed by atoms with Crippen LogP contribution < -0.4 is 10.3 Å². The molecule has 0 saturated heterocycles. The van der Waals surface area contributed by atoms with Gasteiger partial charge >= 0.3 is 0 Å². The Kier molecular flexibility index (Phi) is 5.53. The number of benzene rings is 1. The topological polar surface area (TPSA) is 77.8 Å². The van der Waals surface area contributed by atoms with Crippen molar-refractivity contribution in [3.8, 4) is 0 Å². The number of halogens is 2. The minimum atomic E-state index is -0.264. The maximum atomic E-state index is 12.4. The Morgan fingerprint density at radius 3 is 2.68 bits per heavy atom. The molecule has 0 saturated carbocycles. The van der Waals surface area contributed by atoms with Crippen molar-refractivity contribution < 1.29 is 9.90 Å². The Bertz CT molecular complexity index is 798. The first kappa shape index (κ1) is 17.7. The number of hydrogen-bond donors (Lipinski definition) is 2. The van der Waals surface area contributed by atoms with Gasteiger partial charge in [-0.15, -0.1) is 0 Å². The maximum absolute atomic E-state index is 12.4. The molecule has 1 aromatic carbocycles. The van der Waals surface area contributed by atoms with E-state index in [-0.39, 0.29) is 18.4 Å². The third kappa shape index (κ3) is 4.10. The molecule has 25 heavy (non-hydrogen) atoms. The minimum Gasteiger partial charge on any atom is -0.396 e. The number of rotatable bonds is 4. The van der Waals surface area contributed by atoms with Gasteiger partial charge < -0.3 is 10.4 Å². The van der Waals surface area contributed by atoms with Crippen molar-refractivity contribution in [1.82, 2.24) is 10.3 Å². The van der Waals surface area contributed by atoms with Crippen LogP contribution in [0.2, 0.25) is 10.0 Å². The summed E-state index contributed by atoms with van der Waals surface area (Å²) in [6.45, 7) is 0.536. The zero-order chi connectivity index (χ0) is 17.8. The SMILES string of the molecule is O=C(NC1=NN(c2ccc(Cl)c(Cl)c2)C[C@@H]1CCO)c1ccncc1. The average molecular weight is 379 g/mol. The predicted octanol–water partition coefficient (Wildman–Crippen LogP) is 2.95. The van der Waals surface area contributed by atoms with Crippen molar-refractivity contribution in [2.75, 3.05) is 18.2 Å². The lowest BCUT2D eigenvalue weighted by atomic mass is 10.1. The molecule has 0 radical (unpaired) electrons. The van der Waals surface area contributed by atoms with E-state index in [1.54, 1.807) is 47.7 Å². The molecule has 1 atom stereocenters. The van der Waals surface area contributed by atoms with Crippen molar-refractivity contribution in [3.05, 3.63) is 58.3 Å². The van der Waals surface area contributed by atoms with Crippen molar-refractivity contribution in [2.24, 2.45) is 11.0 Å². The first-order chi connectivity index (χ1) is 12.1. The number of carbonyl (C=O) groups excluding carboxylic acids is 1. The zero-order valence-corrected chi connectivity index (χ0v) is 14.7. The molecule has 8 heteroatoms. The molecule has 1 amide bonds. The van der Waals surface area contributed by atoms with Crippen LogP contribution in [0.1, 0.15) is 16.8 Å². The van der Waals surface area contributed by atoms with Crippen molar-refractivity contribution in [1.29, 1.82) is 0 Å². The van der Waals surface area contributed by atoms with Crippen LogP contribution in [0.15, 0.2) is 47.8 Å². The number of aromatic nitrogens is 1. The number of carbonyl (C=O) groups is 1. The van der Waals surface area contributed by atoms with E-state index in [9.17, 15) is 9.90 Å². The van der Waals surface area contributed by atoms with Crippen molar-refractivity contribution >= 4 is 40.6 Å². The lowest BCUT2D eigenvalue weighted by Crippen LogP contribution is -2.35. The summed E-state index contributed by atoms with van der Waals surface area (Å²) in [5.74, 6) is 0.159. The number of nitrogens with one attached hydrogen (secondary N) is 1. The van der Waals surface area contributed by atoms with Crippen LogP contribution in [0.25, 0.3) is 0 Å². The van der Waals surface area contributed by atoms with E-state index >= 15 is 0 Å². The highest BCUT2D eigenvalue weighted by Gasteiger charge is 2.29. The van der Waals surface area contributed by atoms with Gasteiger partial charge in [-0.1, -0.05) is 23.2 Å². The molecule has 2 heterocycles. The lowest BCUT2D eigenvalue weighted by Gasteiger charge is -2.16. The Morgan fingerprint density at radius 1 is 1.24 bits per heavy atom. The van der Waals surface area contributed by atoms with Gasteiger partial charge in [-0.25, -0.2) is 0 Å². The smallest absolute Gasteiger partial charge is 0.256 e. The van der Waals surface area contributed by atoms with Gasteiger partial charge in [0.2, 0.25) is 0 Å². The van der Waals surface area contributed by atoms with Crippen LogP contribution >= 0.6 is 23.2 Å². The number of amides is 1. The molecule has 1 aliphatic heterocycles. The molecule has 1 aliphatic rings. The molecule has 2 aromatic rings. The molecule has 3 rings (SSSR count). The minimum absolute atomic E-state index is 0.00400. The predicted molar refractivity (Wildman–Crippen MR) is 98.1 cm³/mol. The molecule has 0 fully saturated rings. The first-order valence-corrected chi connectivity index (χ1v) is 8.47. The number of aliphatic hydroxyl groups is 1. The Labute approximate surface area is 155 Å². The summed E-state index contributed by atoms with van der Waals surface area (Å²) in [6.07, 6.45) is 3.60. The molecule has 6 nitrogen and oxygen atoms in total. The molecule has 130 valence electrons. The van der Waals surface area contributed by atoms with Crippen LogP contribution in [0.5, 0.6) is 0 Å². The summed E-state index contributed by atoms with van der Waals surface area (Å²) in [7, 11) is 0. The maximum Gasteiger partial charge on any atom is 0.256 e. The molecular weight excluding hydrogens is 363 g/mol. The second-order valence-electron chi connectivity index (χ2n) is 5.56. The number of aliphatic hydroxyl groups excluding tert-OH is 1. The molecule has 0 bridgehead atoms. The van der Waals surface area contributed by atoms with Crippen LogP contribution in [0.4, 0.5) is 5.69 Å². The summed E-state index contributed by atoms with van der Waals surface area (Å²) < 4.78 is 0. The van der Waals surface area contributed by atoms with Gasteiger partial charge in [-0.2, -0.15) is 5.10 Å². The summed E-state index contributed by atoms with van der Waals surface area (Å²) >= 11 is 12.0. The fourth-order valence-electron chi connectivity index (χ4n) is 2.56. The van der Waals surface area contributed by atoms with Crippen molar-refractivity contribution in [2.45, 2.75) is 6.42 Å². The van der Waals surface area contributed by atoms with Crippen molar-refractivity contribution in [3.63, 3.8) is 0 Å². The second kappa shape index (κ2) is 7.82. The van der Waals surface area contributed by atoms with Gasteiger partial charge in [-0.05, 0) is 36.8 Å². The van der Waals surface area contributed by atoms with E-state index in [0.29, 0.717) is 34.4 Å². The number of nitrogens with zero attached hydrogens (tertiary/aromatic N) is 3. The molecule has 0 unspecified atom stereocenters. The number of amidine groups is 1. The van der Waals surface area contributed by atoms with Gasteiger partial charge in [0.25, 0.3) is 5.91 Å². The number of hydrazone groups is 1. The fourth-order valence-corrected chi connectivity index (χ4v) is 2.85. The highest BCUT2D eigenvalue weighted by atomic mass is 35.5. The number of anilines is 1. The van der Waals surface area contributed by atoms with Gasteiger partial charge in [0.05, 0.1) is 22.3 Å². The third-order valence-electron chi connectivity index (χ3n) is 3.87. The quantitative estimate of drug-likeness (QED) is 0.856. The normalized spacial score (nSPS) is 16.7. The second-order valence-corrected chi connectivity index (χ2v) is 6.38. The number of hydrogen-bond acceptors (Lipinski definition) is 5. The Morgan fingerprint density at radius 2 is 2.00 bits per heavy atom. The molecule has 2 N–H and O–H groups in total. The molecule has 0 aliphatic carbocycles. The Balaban J connectivity index is 1.81. The molecule has 0 spiro atoms. The fraction of sp³-hybridized carbons (Fsp3) is 0.235. The van der Waals surface area contributed by atoms with E-state index in [2.05, 4.69) is 15.4 Å². The van der Waals surface area contributed by atoms with Crippen LogP contribution in [0.3, 0.4) is 0 Å². The molecular formula is C17H16Cl2N4O2. The van der Waals surface area contributed by atoms with Crippen LogP contribution in [-0.4, -0.2) is 35.0 Å². The third-order valence-corrected chi connectivity index (χ3v) is 4.61. The van der Waals surface area contributed by atoms with Crippen LogP contribution in [0, 0.1) is 5.92 Å². The van der Waals surface area contributed by atoms with Gasteiger partial charge in [0, 0.05) is 30.5 Å². The average Bonchev–Trinajstić information content (AvgIpc) is 3.01. The van der Waals surface area contributed by atoms with E-state index in [1.807, 2.05) is 0 Å². The van der Waals surface area contributed by atoms with Gasteiger partial charge in [-0.3, -0.25) is 14.8 Å². The Hall–Kier alpha value is -2.15. The van der Waals surface area contributed by atoms with Gasteiger partial charge in [0.15, 0.2) is 0 Å². The zero-order valence-electron chi connectivity index (χ0n) is 13.2. The summed E-state index contributed by atoms with van der Waals surface area (Å²) in [4.78, 5) is 16.2. The van der Waals surface area contributed by atoms with Gasteiger partial charge in [0.1, 0.15) is 5.84 Å². The largest absolute Gasteiger partial charge is 0.396 e. The lowest BCUT2D eigenvalue weighted by molar-refractivity contribution is 0.0975. The van der Waals surface area contributed by atoms with E-state index in [1.165, 1.54) is 0 Å². The highest BCUT2D eigenvalue weighted by Crippen LogP contribution is 2.30. The summed E-state index contributed by atoms with van der Waals surface area (Å²) in [5.41, 5.74) is 1.26. The summed E-state index contributed by atoms with van der Waals surface area (Å²) in [6, 6.07) is 8.48. The van der Waals surface area contributed by atoms with E-state index < -0.39 is 0 Å². The van der Waals surface area contributed by atoms with Crippen LogP contribution in [-0.2, 0) is 0 Å².